The molecular weight excluding hydrogens is 390 g/mol. The molecule has 164 valence electrons. The lowest BCUT2D eigenvalue weighted by Crippen LogP contribution is -2.39. The number of methoxy groups -OCH3 is 5. The van der Waals surface area contributed by atoms with Gasteiger partial charge in [0.25, 0.3) is 0 Å². The van der Waals surface area contributed by atoms with Crippen molar-refractivity contribution in [2.75, 3.05) is 61.9 Å². The first-order chi connectivity index (χ1) is 14.6. The average Bonchev–Trinajstić information content (AvgIpc) is 2.79. The number of hydrogen-bond donors (Lipinski definition) is 1. The van der Waals surface area contributed by atoms with Crippen molar-refractivity contribution in [1.29, 1.82) is 0 Å². The Labute approximate surface area is 176 Å². The molecule has 1 aliphatic rings. The molecule has 2 aromatic carbocycles. The first kappa shape index (κ1) is 21.9. The van der Waals surface area contributed by atoms with Gasteiger partial charge in [-0.1, -0.05) is 0 Å². The second kappa shape index (κ2) is 9.77. The van der Waals surface area contributed by atoms with Crippen LogP contribution in [0.1, 0.15) is 17.2 Å². The van der Waals surface area contributed by atoms with Gasteiger partial charge in [-0.05, 0) is 23.8 Å². The van der Waals surface area contributed by atoms with Crippen molar-refractivity contribution >= 4 is 0 Å². The molecule has 0 amide bonds. The van der Waals surface area contributed by atoms with Gasteiger partial charge in [0, 0.05) is 24.7 Å². The van der Waals surface area contributed by atoms with E-state index < -0.39 is 0 Å². The summed E-state index contributed by atoms with van der Waals surface area (Å²) in [4.78, 5) is 2.24. The van der Waals surface area contributed by atoms with Crippen LogP contribution in [0.3, 0.4) is 0 Å². The Morgan fingerprint density at radius 2 is 1.30 bits per heavy atom. The largest absolute Gasteiger partial charge is 0.507 e. The maximum absolute atomic E-state index is 10.9. The van der Waals surface area contributed by atoms with E-state index in [2.05, 4.69) is 4.90 Å². The zero-order valence-corrected chi connectivity index (χ0v) is 18.1. The van der Waals surface area contributed by atoms with Gasteiger partial charge in [0.05, 0.1) is 54.8 Å². The predicted octanol–water partition coefficient (Wildman–Crippen LogP) is 2.86. The topological polar surface area (TPSA) is 78.9 Å². The van der Waals surface area contributed by atoms with Crippen LogP contribution in [-0.4, -0.2) is 71.9 Å². The summed E-state index contributed by atoms with van der Waals surface area (Å²) in [5.74, 6) is 2.72. The standard InChI is InChI=1S/C22H29NO7/c1-25-17-12-15(16(24)13-18(17)26-2)21(23-6-8-30-9-7-23)14-10-19(27-3)22(29-5)20(11-14)28-4/h10-13,21,24H,6-9H2,1-5H3/t21-/m1/s1. The van der Waals surface area contributed by atoms with Crippen LogP contribution in [0.5, 0.6) is 34.5 Å². The molecule has 1 atom stereocenters. The summed E-state index contributed by atoms with van der Waals surface area (Å²) >= 11 is 0. The van der Waals surface area contributed by atoms with E-state index in [4.69, 9.17) is 28.4 Å². The van der Waals surface area contributed by atoms with Crippen LogP contribution in [0.4, 0.5) is 0 Å². The smallest absolute Gasteiger partial charge is 0.203 e. The number of morpholine rings is 1. The van der Waals surface area contributed by atoms with Gasteiger partial charge >= 0.3 is 0 Å². The molecule has 0 saturated carbocycles. The minimum atomic E-state index is -0.289. The molecule has 0 unspecified atom stereocenters. The molecule has 0 bridgehead atoms. The zero-order valence-electron chi connectivity index (χ0n) is 18.1. The van der Waals surface area contributed by atoms with E-state index in [0.29, 0.717) is 60.6 Å². The van der Waals surface area contributed by atoms with Crippen LogP contribution in [0.15, 0.2) is 24.3 Å². The minimum absolute atomic E-state index is 0.109. The number of rotatable bonds is 8. The van der Waals surface area contributed by atoms with Crippen LogP contribution in [0.25, 0.3) is 0 Å². The van der Waals surface area contributed by atoms with Crippen molar-refractivity contribution in [3.63, 3.8) is 0 Å². The van der Waals surface area contributed by atoms with E-state index in [0.717, 1.165) is 5.56 Å². The molecule has 0 aliphatic carbocycles. The summed E-state index contributed by atoms with van der Waals surface area (Å²) in [5.41, 5.74) is 1.57. The molecule has 8 heteroatoms. The van der Waals surface area contributed by atoms with Crippen molar-refractivity contribution in [3.05, 3.63) is 35.4 Å². The summed E-state index contributed by atoms with van der Waals surface area (Å²) in [6, 6.07) is 6.88. The molecule has 2 aromatic rings. The lowest BCUT2D eigenvalue weighted by molar-refractivity contribution is 0.0234. The number of ether oxygens (including phenoxy) is 6. The van der Waals surface area contributed by atoms with Crippen LogP contribution in [0, 0.1) is 0 Å². The first-order valence-electron chi connectivity index (χ1n) is 9.64. The number of phenolic OH excluding ortho intramolecular Hbond substituents is 1. The van der Waals surface area contributed by atoms with Gasteiger partial charge in [-0.3, -0.25) is 4.90 Å². The van der Waals surface area contributed by atoms with E-state index in [1.54, 1.807) is 40.6 Å². The highest BCUT2D eigenvalue weighted by molar-refractivity contribution is 5.58. The van der Waals surface area contributed by atoms with Crippen molar-refractivity contribution < 1.29 is 33.5 Å². The third-order valence-corrected chi connectivity index (χ3v) is 5.24. The van der Waals surface area contributed by atoms with Gasteiger partial charge < -0.3 is 33.5 Å². The van der Waals surface area contributed by atoms with Gasteiger partial charge in [0.15, 0.2) is 23.0 Å². The third-order valence-electron chi connectivity index (χ3n) is 5.24. The molecule has 3 rings (SSSR count). The van der Waals surface area contributed by atoms with E-state index in [-0.39, 0.29) is 11.8 Å². The van der Waals surface area contributed by atoms with Crippen LogP contribution < -0.4 is 23.7 Å². The van der Waals surface area contributed by atoms with E-state index in [1.807, 2.05) is 12.1 Å². The number of phenols is 1. The molecule has 30 heavy (non-hydrogen) atoms. The molecule has 0 radical (unpaired) electrons. The summed E-state index contributed by atoms with van der Waals surface area (Å²) in [5, 5.41) is 10.9. The Morgan fingerprint density at radius 1 is 0.767 bits per heavy atom. The minimum Gasteiger partial charge on any atom is -0.507 e. The number of aromatic hydroxyl groups is 1. The molecule has 1 N–H and O–H groups in total. The molecule has 1 aliphatic heterocycles. The molecule has 1 saturated heterocycles. The fraction of sp³-hybridized carbons (Fsp3) is 0.455. The van der Waals surface area contributed by atoms with Gasteiger partial charge in [-0.25, -0.2) is 0 Å². The summed E-state index contributed by atoms with van der Waals surface area (Å²) in [6.07, 6.45) is 0. The summed E-state index contributed by atoms with van der Waals surface area (Å²) < 4.78 is 32.9. The molecule has 1 fully saturated rings. The van der Waals surface area contributed by atoms with Crippen LogP contribution in [-0.2, 0) is 4.74 Å². The summed E-state index contributed by atoms with van der Waals surface area (Å²) in [6.45, 7) is 2.62. The van der Waals surface area contributed by atoms with E-state index in [1.165, 1.54) is 7.11 Å². The Bertz CT molecular complexity index is 840. The molecule has 0 spiro atoms. The maximum atomic E-state index is 10.9. The van der Waals surface area contributed by atoms with Gasteiger partial charge in [0.2, 0.25) is 5.75 Å². The average molecular weight is 419 g/mol. The highest BCUT2D eigenvalue weighted by Gasteiger charge is 2.30. The fourth-order valence-corrected chi connectivity index (χ4v) is 3.78. The molecular formula is C22H29NO7. The van der Waals surface area contributed by atoms with Crippen molar-refractivity contribution in [3.8, 4) is 34.5 Å². The third kappa shape index (κ3) is 4.20. The van der Waals surface area contributed by atoms with Crippen molar-refractivity contribution in [2.45, 2.75) is 6.04 Å². The SMILES string of the molecule is COc1cc(O)c([C@@H](c2cc(OC)c(OC)c(OC)c2)N2CCOCC2)cc1OC. The van der Waals surface area contributed by atoms with E-state index >= 15 is 0 Å². The number of benzene rings is 2. The second-order valence-corrected chi connectivity index (χ2v) is 6.78. The van der Waals surface area contributed by atoms with Gasteiger partial charge in [-0.15, -0.1) is 0 Å². The first-order valence-corrected chi connectivity index (χ1v) is 9.64. The fourth-order valence-electron chi connectivity index (χ4n) is 3.78. The number of nitrogens with zero attached hydrogens (tertiary/aromatic N) is 1. The Balaban J connectivity index is 2.20. The van der Waals surface area contributed by atoms with Gasteiger partial charge in [-0.2, -0.15) is 0 Å². The van der Waals surface area contributed by atoms with E-state index in [9.17, 15) is 5.11 Å². The Hall–Kier alpha value is -2.84. The van der Waals surface area contributed by atoms with Crippen molar-refractivity contribution in [1.82, 2.24) is 4.90 Å². The van der Waals surface area contributed by atoms with Gasteiger partial charge in [0.1, 0.15) is 5.75 Å². The lowest BCUT2D eigenvalue weighted by atomic mass is 9.94. The Kier molecular flexibility index (Phi) is 7.12. The monoisotopic (exact) mass is 419 g/mol. The van der Waals surface area contributed by atoms with Crippen LogP contribution >= 0.6 is 0 Å². The lowest BCUT2D eigenvalue weighted by Gasteiger charge is -2.36. The number of hydrogen-bond acceptors (Lipinski definition) is 8. The molecule has 0 aromatic heterocycles. The Morgan fingerprint density at radius 3 is 1.80 bits per heavy atom. The summed E-state index contributed by atoms with van der Waals surface area (Å²) in [7, 11) is 7.84. The maximum Gasteiger partial charge on any atom is 0.203 e. The zero-order chi connectivity index (χ0) is 21.7. The normalized spacial score (nSPS) is 15.4. The molecule has 1 heterocycles. The highest BCUT2D eigenvalue weighted by atomic mass is 16.5. The second-order valence-electron chi connectivity index (χ2n) is 6.78. The quantitative estimate of drug-likeness (QED) is 0.700. The predicted molar refractivity (Wildman–Crippen MR) is 112 cm³/mol. The van der Waals surface area contributed by atoms with Crippen molar-refractivity contribution in [2.24, 2.45) is 0 Å². The van der Waals surface area contributed by atoms with Crippen LogP contribution in [0.2, 0.25) is 0 Å². The highest BCUT2D eigenvalue weighted by Crippen LogP contribution is 2.45. The molecule has 8 nitrogen and oxygen atoms in total.